The molecule has 7 heteroatoms. The molecule has 1 aromatic rings. The highest BCUT2D eigenvalue weighted by Gasteiger charge is 2.27. The van der Waals surface area contributed by atoms with Crippen LogP contribution in [0, 0.1) is 0 Å². The molecule has 1 aliphatic rings. The lowest BCUT2D eigenvalue weighted by Gasteiger charge is -2.24. The lowest BCUT2D eigenvalue weighted by Crippen LogP contribution is -2.48. The number of hydrogen-bond donors (Lipinski definition) is 3. The maximum absolute atomic E-state index is 12.8. The maximum Gasteiger partial charge on any atom is 0.245 e. The molecule has 1 saturated heterocycles. The molecule has 0 radical (unpaired) electrons. The van der Waals surface area contributed by atoms with Crippen LogP contribution in [0.4, 0.5) is 0 Å². The van der Waals surface area contributed by atoms with Crippen LogP contribution < -0.4 is 11.1 Å². The molecule has 0 saturated carbocycles. The lowest BCUT2D eigenvalue weighted by atomic mass is 10.0. The fourth-order valence-corrected chi connectivity index (χ4v) is 3.19. The number of amides is 3. The van der Waals surface area contributed by atoms with Crippen LogP contribution in [0.2, 0.25) is 0 Å². The van der Waals surface area contributed by atoms with Crippen LogP contribution in [-0.4, -0.2) is 54.0 Å². The van der Waals surface area contributed by atoms with Gasteiger partial charge in [0, 0.05) is 40.0 Å². The van der Waals surface area contributed by atoms with E-state index in [1.54, 1.807) is 0 Å². The Hall–Kier alpha value is -2.41. The van der Waals surface area contributed by atoms with Crippen LogP contribution in [0.25, 0.3) is 0 Å². The summed E-state index contributed by atoms with van der Waals surface area (Å²) in [6.07, 6.45) is 7.50. The second-order valence-electron chi connectivity index (χ2n) is 7.26. The van der Waals surface area contributed by atoms with E-state index < -0.39 is 6.04 Å². The largest absolute Gasteiger partial charge is 0.400 e. The number of benzene rings is 1. The van der Waals surface area contributed by atoms with Gasteiger partial charge in [-0.25, -0.2) is 0 Å². The minimum absolute atomic E-state index is 0.000388. The topological polar surface area (TPSA) is 113 Å². The summed E-state index contributed by atoms with van der Waals surface area (Å²) >= 11 is 0. The highest BCUT2D eigenvalue weighted by atomic mass is 16.2. The quantitative estimate of drug-likeness (QED) is 0.531. The molecule has 1 aliphatic heterocycles. The normalized spacial score (nSPS) is 13.3. The Morgan fingerprint density at radius 2 is 1.63 bits per heavy atom. The molecule has 30 heavy (non-hydrogen) atoms. The highest BCUT2D eigenvalue weighted by Crippen LogP contribution is 2.13. The lowest BCUT2D eigenvalue weighted by molar-refractivity contribution is -0.135. The van der Waals surface area contributed by atoms with Gasteiger partial charge >= 0.3 is 0 Å². The second kappa shape index (κ2) is 17.4. The first kappa shape index (κ1) is 27.6. The Bertz CT molecular complexity index is 598. The van der Waals surface area contributed by atoms with Crippen molar-refractivity contribution in [2.24, 2.45) is 5.73 Å². The average Bonchev–Trinajstić information content (AvgIpc) is 3.27. The first-order valence-electron chi connectivity index (χ1n) is 10.8. The molecule has 1 aromatic carbocycles. The van der Waals surface area contributed by atoms with E-state index in [1.165, 1.54) is 6.92 Å². The van der Waals surface area contributed by atoms with Gasteiger partial charge in [-0.2, -0.15) is 0 Å². The van der Waals surface area contributed by atoms with Gasteiger partial charge in [-0.15, -0.1) is 0 Å². The van der Waals surface area contributed by atoms with Gasteiger partial charge in [0.2, 0.25) is 17.7 Å². The summed E-state index contributed by atoms with van der Waals surface area (Å²) in [7, 11) is 1.00. The van der Waals surface area contributed by atoms with Crippen molar-refractivity contribution in [3.05, 3.63) is 35.9 Å². The van der Waals surface area contributed by atoms with E-state index in [4.69, 9.17) is 5.11 Å². The number of likely N-dealkylation sites (tertiary alicyclic amines) is 1. The molecule has 0 spiro atoms. The third-order valence-corrected chi connectivity index (χ3v) is 4.59. The number of unbranched alkanes of at least 4 members (excludes halogenated alkanes) is 3. The van der Waals surface area contributed by atoms with Crippen molar-refractivity contribution in [2.75, 3.05) is 20.2 Å². The average molecular weight is 422 g/mol. The zero-order chi connectivity index (χ0) is 22.8. The van der Waals surface area contributed by atoms with Gasteiger partial charge < -0.3 is 21.1 Å². The maximum atomic E-state index is 12.8. The van der Waals surface area contributed by atoms with Crippen LogP contribution in [0.15, 0.2) is 30.3 Å². The number of nitrogens with one attached hydrogen (secondary N) is 1. The Kier molecular flexibility index (Phi) is 16.0. The van der Waals surface area contributed by atoms with Crippen molar-refractivity contribution >= 4 is 17.7 Å². The number of rotatable bonds is 9. The van der Waals surface area contributed by atoms with E-state index in [9.17, 15) is 14.4 Å². The molecule has 170 valence electrons. The van der Waals surface area contributed by atoms with E-state index in [0.29, 0.717) is 12.8 Å². The van der Waals surface area contributed by atoms with E-state index in [-0.39, 0.29) is 17.7 Å². The van der Waals surface area contributed by atoms with Gasteiger partial charge in [0.05, 0.1) is 0 Å². The Labute approximate surface area is 181 Å². The predicted octanol–water partition coefficient (Wildman–Crippen LogP) is 2.41. The molecule has 2 rings (SSSR count). The van der Waals surface area contributed by atoms with Crippen LogP contribution in [0.5, 0.6) is 0 Å². The smallest absolute Gasteiger partial charge is 0.245 e. The first-order valence-corrected chi connectivity index (χ1v) is 10.8. The van der Waals surface area contributed by atoms with E-state index >= 15 is 0 Å². The van der Waals surface area contributed by atoms with Crippen molar-refractivity contribution in [3.63, 3.8) is 0 Å². The van der Waals surface area contributed by atoms with Crippen molar-refractivity contribution in [3.8, 4) is 0 Å². The molecular weight excluding hydrogens is 382 g/mol. The van der Waals surface area contributed by atoms with Crippen molar-refractivity contribution in [1.82, 2.24) is 10.2 Å². The summed E-state index contributed by atoms with van der Waals surface area (Å²) in [6.45, 7) is 5.09. The highest BCUT2D eigenvalue weighted by molar-refractivity contribution is 5.88. The van der Waals surface area contributed by atoms with E-state index in [0.717, 1.165) is 64.3 Å². The number of aliphatic hydroxyl groups excluding tert-OH is 1. The summed E-state index contributed by atoms with van der Waals surface area (Å²) in [6, 6.07) is 9.49. The molecule has 0 aliphatic carbocycles. The van der Waals surface area contributed by atoms with Crippen LogP contribution in [0.3, 0.4) is 0 Å². The monoisotopic (exact) mass is 421 g/mol. The zero-order valence-electron chi connectivity index (χ0n) is 18.7. The fourth-order valence-electron chi connectivity index (χ4n) is 3.19. The van der Waals surface area contributed by atoms with Crippen molar-refractivity contribution in [2.45, 2.75) is 71.3 Å². The molecule has 7 nitrogen and oxygen atoms in total. The third-order valence-electron chi connectivity index (χ3n) is 4.59. The molecule has 1 heterocycles. The summed E-state index contributed by atoms with van der Waals surface area (Å²) in [5, 5.41) is 9.99. The van der Waals surface area contributed by atoms with Gasteiger partial charge in [-0.1, -0.05) is 56.5 Å². The molecule has 0 bridgehead atoms. The fraction of sp³-hybridized carbons (Fsp3) is 0.609. The predicted molar refractivity (Wildman–Crippen MR) is 120 cm³/mol. The summed E-state index contributed by atoms with van der Waals surface area (Å²) in [5.41, 5.74) is 5.56. The summed E-state index contributed by atoms with van der Waals surface area (Å²) in [5.74, 6) is -0.266. The first-order chi connectivity index (χ1) is 14.4. The number of nitrogens with two attached hydrogens (primary N) is 1. The van der Waals surface area contributed by atoms with Crippen LogP contribution >= 0.6 is 0 Å². The molecule has 1 unspecified atom stereocenters. The van der Waals surface area contributed by atoms with Crippen molar-refractivity contribution in [1.29, 1.82) is 0 Å². The number of nitrogens with zero attached hydrogens (tertiary/aromatic N) is 1. The van der Waals surface area contributed by atoms with Crippen molar-refractivity contribution < 1.29 is 19.5 Å². The molecule has 1 atom stereocenters. The SMILES string of the molecule is CC(N)=O.CCCCCCC(=O)NC(Cc1ccccc1)C(=O)N1CCCC1.CO. The molecular formula is C23H39N3O4. The molecule has 4 N–H and O–H groups in total. The van der Waals surface area contributed by atoms with Crippen LogP contribution in [0.1, 0.15) is 64.4 Å². The summed E-state index contributed by atoms with van der Waals surface area (Å²) in [4.78, 5) is 36.1. The summed E-state index contributed by atoms with van der Waals surface area (Å²) < 4.78 is 0. The van der Waals surface area contributed by atoms with Gasteiger partial charge in [-0.3, -0.25) is 14.4 Å². The number of hydrogen-bond acceptors (Lipinski definition) is 4. The van der Waals surface area contributed by atoms with Gasteiger partial charge in [0.25, 0.3) is 0 Å². The van der Waals surface area contributed by atoms with Gasteiger partial charge in [0.15, 0.2) is 0 Å². The Morgan fingerprint density at radius 1 is 1.07 bits per heavy atom. The van der Waals surface area contributed by atoms with E-state index in [2.05, 4.69) is 18.0 Å². The number of aliphatic hydroxyl groups is 1. The van der Waals surface area contributed by atoms with Gasteiger partial charge in [0.1, 0.15) is 6.04 Å². The Morgan fingerprint density at radius 3 is 2.17 bits per heavy atom. The number of primary amides is 1. The third kappa shape index (κ3) is 12.9. The van der Waals surface area contributed by atoms with Gasteiger partial charge in [-0.05, 0) is 24.8 Å². The minimum atomic E-state index is -0.441. The number of carbonyl (C=O) groups excluding carboxylic acids is 3. The molecule has 0 aromatic heterocycles. The second-order valence-corrected chi connectivity index (χ2v) is 7.26. The van der Waals surface area contributed by atoms with E-state index in [1.807, 2.05) is 35.2 Å². The standard InChI is InChI=1S/C20H30N2O2.C2H5NO.CH4O/c1-2-3-4-8-13-19(23)21-18(16-17-11-6-5-7-12-17)20(24)22-14-9-10-15-22;1-2(3)4;1-2/h5-7,11-12,18H,2-4,8-10,13-16H2,1H3,(H,21,23);1H3,(H2,3,4);2H,1H3. The minimum Gasteiger partial charge on any atom is -0.400 e. The molecule has 3 amide bonds. The number of carbonyl (C=O) groups is 3. The zero-order valence-corrected chi connectivity index (χ0v) is 18.7. The van der Waals surface area contributed by atoms with Crippen LogP contribution in [-0.2, 0) is 20.8 Å². The molecule has 1 fully saturated rings. The Balaban J connectivity index is 0.00000125.